The quantitative estimate of drug-likeness (QED) is 0.0569. The highest BCUT2D eigenvalue weighted by atomic mass is 35.5. The van der Waals surface area contributed by atoms with Gasteiger partial charge in [0.2, 0.25) is 0 Å². The Balaban J connectivity index is 0. The normalized spacial score (nSPS) is 12.0. The summed E-state index contributed by atoms with van der Waals surface area (Å²) in [7, 11) is 4.76. The molecule has 0 saturated heterocycles. The standard InChI is InChI=1S/C39H77N.ClH/c1-5-7-9-11-13-15-17-19-21-23-25-27-29-31-33-35-37-39(40(3)4)38-36-34-32-30-28-26-24-22-20-18-16-14-12-10-8-6-2;/h19-22,39H,5-18,23-38H2,1-4H3;1H/b21-19-,22-20-;. The van der Waals surface area contributed by atoms with E-state index in [1.54, 1.807) is 4.90 Å². The summed E-state index contributed by atoms with van der Waals surface area (Å²) in [6, 6.07) is 0.883. The van der Waals surface area contributed by atoms with Gasteiger partial charge in [-0.3, -0.25) is 0 Å². The Kier molecular flexibility index (Phi) is 39.5. The predicted molar refractivity (Wildman–Crippen MR) is 185 cm³/mol. The maximum atomic E-state index is 2.45. The van der Waals surface area contributed by atoms with Crippen LogP contribution in [0, 0.1) is 0 Å². The molecule has 0 aliphatic heterocycles. The highest BCUT2D eigenvalue weighted by Gasteiger charge is 2.13. The lowest BCUT2D eigenvalue weighted by Gasteiger charge is -2.21. The third kappa shape index (κ3) is 35.8. The first-order valence-electron chi connectivity index (χ1n) is 18.8. The molecule has 1 nitrogen and oxygen atoms in total. The van der Waals surface area contributed by atoms with Crippen molar-refractivity contribution in [2.45, 2.75) is 213 Å². The van der Waals surface area contributed by atoms with E-state index < -0.39 is 0 Å². The minimum absolute atomic E-state index is 0. The first-order valence-corrected chi connectivity index (χ1v) is 18.8. The van der Waals surface area contributed by atoms with Crippen LogP contribution in [-0.2, 0) is 0 Å². The second kappa shape index (κ2) is 37.8. The number of halogens is 1. The fraction of sp³-hybridized carbons (Fsp3) is 0.897. The second-order valence-corrected chi connectivity index (χ2v) is 13.2. The fourth-order valence-corrected chi connectivity index (χ4v) is 6.00. The molecule has 0 fully saturated rings. The summed E-state index contributed by atoms with van der Waals surface area (Å²) in [6.45, 7) is 4.60. The van der Waals surface area contributed by atoms with E-state index in [1.807, 2.05) is 0 Å². The molecule has 0 bridgehead atoms. The number of allylic oxidation sites excluding steroid dienone is 4. The molecule has 41 heavy (non-hydrogen) atoms. The monoisotopic (exact) mass is 596 g/mol. The zero-order chi connectivity index (χ0) is 29.2. The molecule has 0 aliphatic rings. The van der Waals surface area contributed by atoms with Crippen molar-refractivity contribution in [3.63, 3.8) is 0 Å². The lowest BCUT2D eigenvalue weighted by atomic mass is 9.99. The Bertz CT molecular complexity index is 470. The second-order valence-electron chi connectivity index (χ2n) is 13.2. The molecule has 0 rings (SSSR count). The Labute approximate surface area is 267 Å². The van der Waals surface area contributed by atoms with Crippen molar-refractivity contribution in [2.24, 2.45) is 0 Å². The highest BCUT2D eigenvalue weighted by Crippen LogP contribution is 2.15. The highest BCUT2D eigenvalue weighted by molar-refractivity contribution is 4.82. The van der Waals surface area contributed by atoms with Crippen LogP contribution in [0.4, 0.5) is 0 Å². The molecule has 2 heteroatoms. The average Bonchev–Trinajstić information content (AvgIpc) is 2.95. The van der Waals surface area contributed by atoms with Crippen LogP contribution in [0.1, 0.15) is 206 Å². The van der Waals surface area contributed by atoms with E-state index in [1.165, 1.54) is 193 Å². The van der Waals surface area contributed by atoms with Gasteiger partial charge in [0.05, 0.1) is 20.1 Å². The van der Waals surface area contributed by atoms with Crippen LogP contribution in [0.2, 0.25) is 0 Å². The van der Waals surface area contributed by atoms with Crippen LogP contribution in [-0.4, -0.2) is 20.1 Å². The smallest absolute Gasteiger partial charge is 0.0870 e. The SMILES string of the molecule is CCCCCCCC/C=C\CCCCCCCCC(CCCCCCCC/C=C\CCCCCCCC)[NH+](C)C.[Cl-]. The van der Waals surface area contributed by atoms with Gasteiger partial charge in [-0.2, -0.15) is 0 Å². The van der Waals surface area contributed by atoms with Crippen LogP contribution in [0.15, 0.2) is 24.3 Å². The van der Waals surface area contributed by atoms with E-state index in [0.717, 1.165) is 6.04 Å². The minimum Gasteiger partial charge on any atom is -1.00 e. The fourth-order valence-electron chi connectivity index (χ4n) is 6.00. The van der Waals surface area contributed by atoms with Gasteiger partial charge in [0.15, 0.2) is 0 Å². The first kappa shape index (κ1) is 42.9. The van der Waals surface area contributed by atoms with Crippen molar-refractivity contribution in [2.75, 3.05) is 14.1 Å². The van der Waals surface area contributed by atoms with Crippen molar-refractivity contribution in [1.82, 2.24) is 0 Å². The predicted octanol–water partition coefficient (Wildman–Crippen LogP) is 9.36. The van der Waals surface area contributed by atoms with E-state index in [4.69, 9.17) is 0 Å². The molecule has 0 heterocycles. The summed E-state index contributed by atoms with van der Waals surface area (Å²) in [5.41, 5.74) is 0. The molecule has 0 aromatic carbocycles. The topological polar surface area (TPSA) is 4.44 Å². The molecular formula is C39H78ClN. The molecule has 0 radical (unpaired) electrons. The van der Waals surface area contributed by atoms with Gasteiger partial charge in [0.1, 0.15) is 0 Å². The van der Waals surface area contributed by atoms with Gasteiger partial charge in [0.25, 0.3) is 0 Å². The van der Waals surface area contributed by atoms with Gasteiger partial charge in [-0.25, -0.2) is 0 Å². The van der Waals surface area contributed by atoms with E-state index in [-0.39, 0.29) is 12.4 Å². The lowest BCUT2D eigenvalue weighted by molar-refractivity contribution is -0.886. The largest absolute Gasteiger partial charge is 1.00 e. The maximum absolute atomic E-state index is 2.45. The van der Waals surface area contributed by atoms with Crippen LogP contribution in [0.25, 0.3) is 0 Å². The molecule has 0 aromatic heterocycles. The molecule has 0 amide bonds. The summed E-state index contributed by atoms with van der Waals surface area (Å²) < 4.78 is 0. The van der Waals surface area contributed by atoms with E-state index in [0.29, 0.717) is 0 Å². The summed E-state index contributed by atoms with van der Waals surface area (Å²) >= 11 is 0. The molecule has 0 aliphatic carbocycles. The Morgan fingerprint density at radius 3 is 0.878 bits per heavy atom. The zero-order valence-electron chi connectivity index (χ0n) is 29.0. The van der Waals surface area contributed by atoms with Crippen LogP contribution in [0.5, 0.6) is 0 Å². The van der Waals surface area contributed by atoms with E-state index >= 15 is 0 Å². The number of hydrogen-bond donors (Lipinski definition) is 1. The van der Waals surface area contributed by atoms with Crippen LogP contribution in [0.3, 0.4) is 0 Å². The number of quaternary nitrogens is 1. The zero-order valence-corrected chi connectivity index (χ0v) is 29.7. The van der Waals surface area contributed by atoms with Gasteiger partial charge >= 0.3 is 0 Å². The Hall–Kier alpha value is -0.270. The first-order chi connectivity index (χ1) is 19.7. The van der Waals surface area contributed by atoms with Crippen molar-refractivity contribution in [1.29, 1.82) is 0 Å². The summed E-state index contributed by atoms with van der Waals surface area (Å²) in [5, 5.41) is 0. The van der Waals surface area contributed by atoms with E-state index in [9.17, 15) is 0 Å². The molecule has 0 unspecified atom stereocenters. The van der Waals surface area contributed by atoms with Crippen molar-refractivity contribution in [3.05, 3.63) is 24.3 Å². The minimum atomic E-state index is 0. The van der Waals surface area contributed by atoms with Gasteiger partial charge in [-0.05, 0) is 77.0 Å². The van der Waals surface area contributed by atoms with Gasteiger partial charge in [-0.15, -0.1) is 0 Å². The van der Waals surface area contributed by atoms with Crippen LogP contribution >= 0.6 is 0 Å². The number of rotatable bonds is 33. The molecule has 0 atom stereocenters. The van der Waals surface area contributed by atoms with E-state index in [2.05, 4.69) is 52.2 Å². The van der Waals surface area contributed by atoms with Crippen molar-refractivity contribution in [3.8, 4) is 0 Å². The van der Waals surface area contributed by atoms with Crippen LogP contribution < -0.4 is 17.3 Å². The molecule has 1 N–H and O–H groups in total. The summed E-state index contributed by atoms with van der Waals surface area (Å²) in [5.74, 6) is 0. The summed E-state index contributed by atoms with van der Waals surface area (Å²) in [6.07, 6.45) is 52.1. The molecule has 246 valence electrons. The van der Waals surface area contributed by atoms with Crippen molar-refractivity contribution < 1.29 is 17.3 Å². The maximum Gasteiger partial charge on any atom is 0.0870 e. The molecule has 0 spiro atoms. The molecule has 0 saturated carbocycles. The lowest BCUT2D eigenvalue weighted by Crippen LogP contribution is -3.10. The van der Waals surface area contributed by atoms with Gasteiger partial charge in [0, 0.05) is 0 Å². The third-order valence-corrected chi connectivity index (χ3v) is 8.95. The third-order valence-electron chi connectivity index (χ3n) is 8.95. The van der Waals surface area contributed by atoms with Gasteiger partial charge < -0.3 is 17.3 Å². The number of nitrogens with one attached hydrogen (secondary N) is 1. The molecular weight excluding hydrogens is 518 g/mol. The number of unbranched alkanes of at least 4 members (excludes halogenated alkanes) is 24. The van der Waals surface area contributed by atoms with Crippen molar-refractivity contribution >= 4 is 0 Å². The summed E-state index contributed by atoms with van der Waals surface area (Å²) in [4.78, 5) is 1.68. The van der Waals surface area contributed by atoms with Gasteiger partial charge in [-0.1, -0.05) is 154 Å². The number of hydrogen-bond acceptors (Lipinski definition) is 0. The average molecular weight is 597 g/mol. The molecule has 0 aromatic rings. The Morgan fingerprint density at radius 1 is 0.366 bits per heavy atom. The Morgan fingerprint density at radius 2 is 0.610 bits per heavy atom.